The van der Waals surface area contributed by atoms with Crippen molar-refractivity contribution in [3.8, 4) is 11.5 Å². The van der Waals surface area contributed by atoms with Gasteiger partial charge in [-0.25, -0.2) is 0 Å². The van der Waals surface area contributed by atoms with Crippen LogP contribution in [0.2, 0.25) is 0 Å². The van der Waals surface area contributed by atoms with Gasteiger partial charge in [-0.05, 0) is 72.7 Å². The van der Waals surface area contributed by atoms with E-state index in [1.807, 2.05) is 78.9 Å². The van der Waals surface area contributed by atoms with Gasteiger partial charge >= 0.3 is 0 Å². The first-order chi connectivity index (χ1) is 14.2. The van der Waals surface area contributed by atoms with E-state index >= 15 is 0 Å². The minimum atomic E-state index is 0.221. The number of nitrogens with zero attached hydrogens (tertiary/aromatic N) is 2. The van der Waals surface area contributed by atoms with E-state index in [2.05, 4.69) is 22.1 Å². The fourth-order valence-electron chi connectivity index (χ4n) is 2.55. The predicted molar refractivity (Wildman–Crippen MR) is 121 cm³/mol. The molecule has 3 aromatic carbocycles. The summed E-state index contributed by atoms with van der Waals surface area (Å²) in [5.74, 6) is 1.16. The van der Waals surface area contributed by atoms with Gasteiger partial charge in [0.05, 0.1) is 18.5 Å². The quantitative estimate of drug-likeness (QED) is 0.274. The molecule has 0 aliphatic rings. The lowest BCUT2D eigenvalue weighted by Crippen LogP contribution is -2.16. The lowest BCUT2D eigenvalue weighted by molar-refractivity contribution is 0.392. The molecule has 29 heavy (non-hydrogen) atoms. The Hall–Kier alpha value is -3.51. The summed E-state index contributed by atoms with van der Waals surface area (Å²) in [4.78, 5) is 0. The molecule has 0 aliphatic heterocycles. The summed E-state index contributed by atoms with van der Waals surface area (Å²) in [6.07, 6.45) is 2.60. The third-order valence-corrected chi connectivity index (χ3v) is 4.15. The highest BCUT2D eigenvalue weighted by atomic mass is 32.1. The number of methoxy groups -OCH3 is 1. The number of azo groups is 1. The van der Waals surface area contributed by atoms with E-state index in [-0.39, 0.29) is 5.17 Å². The summed E-state index contributed by atoms with van der Waals surface area (Å²) in [5.41, 5.74) is 3.42. The highest BCUT2D eigenvalue weighted by molar-refractivity contribution is 7.80. The molecule has 0 fully saturated rings. The van der Waals surface area contributed by atoms with Crippen LogP contribution in [0.1, 0.15) is 5.56 Å². The average Bonchev–Trinajstić information content (AvgIpc) is 2.75. The summed E-state index contributed by atoms with van der Waals surface area (Å²) in [6, 6.07) is 22.7. The molecule has 0 spiro atoms. The minimum Gasteiger partial charge on any atom is -0.493 e. The topological polar surface area (TPSA) is 55.2 Å². The van der Waals surface area contributed by atoms with Crippen LogP contribution in [-0.4, -0.2) is 12.3 Å². The summed E-state index contributed by atoms with van der Waals surface area (Å²) >= 11 is 5.31. The fraction of sp³-hybridized carbons (Fsp3) is 0.0870. The summed E-state index contributed by atoms with van der Waals surface area (Å²) in [6.45, 7) is 3.75. The Bertz CT molecular complexity index is 1000. The number of anilines is 1. The highest BCUT2D eigenvalue weighted by Crippen LogP contribution is 2.29. The van der Waals surface area contributed by atoms with Crippen molar-refractivity contribution in [1.29, 1.82) is 0 Å². The summed E-state index contributed by atoms with van der Waals surface area (Å²) in [5, 5.41) is 11.7. The van der Waals surface area contributed by atoms with Crippen LogP contribution < -0.4 is 14.8 Å². The molecule has 0 unspecified atom stereocenters. The maximum Gasteiger partial charge on any atom is 0.266 e. The second-order valence-electron chi connectivity index (χ2n) is 6.07. The molecule has 0 atom stereocenters. The number of rotatable bonds is 7. The van der Waals surface area contributed by atoms with Crippen LogP contribution in [0.25, 0.3) is 0 Å². The number of allylic oxidation sites excluding steroid dienone is 1. The number of hydrogen-bond donors (Lipinski definition) is 1. The molecule has 6 heteroatoms. The Morgan fingerprint density at radius 2 is 1.66 bits per heavy atom. The van der Waals surface area contributed by atoms with E-state index in [1.54, 1.807) is 7.11 Å². The van der Waals surface area contributed by atoms with E-state index < -0.39 is 0 Å². The number of benzene rings is 3. The molecule has 5 nitrogen and oxygen atoms in total. The van der Waals surface area contributed by atoms with E-state index in [1.165, 1.54) is 0 Å². The van der Waals surface area contributed by atoms with Gasteiger partial charge in [-0.2, -0.15) is 10.2 Å². The fourth-order valence-corrected chi connectivity index (χ4v) is 2.76. The zero-order valence-corrected chi connectivity index (χ0v) is 16.9. The molecule has 0 aliphatic carbocycles. The van der Waals surface area contributed by atoms with Crippen LogP contribution in [-0.2, 0) is 6.42 Å². The Balaban J connectivity index is 1.61. The van der Waals surface area contributed by atoms with Crippen molar-refractivity contribution in [1.82, 2.24) is 0 Å². The second kappa shape index (κ2) is 10.1. The van der Waals surface area contributed by atoms with Crippen molar-refractivity contribution in [2.75, 3.05) is 12.4 Å². The Kier molecular flexibility index (Phi) is 7.08. The maximum absolute atomic E-state index is 5.74. The smallest absolute Gasteiger partial charge is 0.266 e. The van der Waals surface area contributed by atoms with Crippen LogP contribution >= 0.6 is 12.2 Å². The molecule has 1 N–H and O–H groups in total. The third kappa shape index (κ3) is 5.99. The minimum absolute atomic E-state index is 0.221. The monoisotopic (exact) mass is 403 g/mol. The first-order valence-corrected chi connectivity index (χ1v) is 9.42. The van der Waals surface area contributed by atoms with Crippen LogP contribution in [0.4, 0.5) is 17.1 Å². The molecular formula is C23H21N3O2S. The van der Waals surface area contributed by atoms with Crippen molar-refractivity contribution in [3.05, 3.63) is 91.0 Å². The normalized spacial score (nSPS) is 10.5. The van der Waals surface area contributed by atoms with E-state index in [0.29, 0.717) is 11.5 Å². The van der Waals surface area contributed by atoms with E-state index in [4.69, 9.17) is 21.7 Å². The molecule has 0 radical (unpaired) electrons. The average molecular weight is 404 g/mol. The molecule has 0 aromatic heterocycles. The van der Waals surface area contributed by atoms with Gasteiger partial charge in [-0.15, -0.1) is 6.58 Å². The second-order valence-corrected chi connectivity index (χ2v) is 6.45. The third-order valence-electron chi connectivity index (χ3n) is 3.96. The standard InChI is InChI=1S/C23H21N3O2S/c1-3-7-17-10-15-21(22(16-17)27-2)28-23(29)24-18-11-13-20(14-12-18)26-25-19-8-5-4-6-9-19/h3-6,8-16H,1,7H2,2H3,(H,24,29). The zero-order valence-electron chi connectivity index (χ0n) is 16.0. The van der Waals surface area contributed by atoms with Crippen LogP contribution in [0.3, 0.4) is 0 Å². The number of hydrogen-bond acceptors (Lipinski definition) is 5. The SMILES string of the molecule is C=CCc1ccc(OC(=S)Nc2ccc(N=Nc3ccccc3)cc2)c(OC)c1. The lowest BCUT2D eigenvalue weighted by atomic mass is 10.1. The Morgan fingerprint density at radius 3 is 2.31 bits per heavy atom. The van der Waals surface area contributed by atoms with Crippen LogP contribution in [0.15, 0.2) is 95.7 Å². The van der Waals surface area contributed by atoms with Gasteiger partial charge in [0, 0.05) is 5.69 Å². The van der Waals surface area contributed by atoms with Crippen LogP contribution in [0.5, 0.6) is 11.5 Å². The van der Waals surface area contributed by atoms with Gasteiger partial charge in [0.15, 0.2) is 11.5 Å². The van der Waals surface area contributed by atoms with Crippen molar-refractivity contribution >= 4 is 34.5 Å². The summed E-state index contributed by atoms with van der Waals surface area (Å²) in [7, 11) is 1.60. The molecular weight excluding hydrogens is 382 g/mol. The Morgan fingerprint density at radius 1 is 0.966 bits per heavy atom. The number of nitrogens with one attached hydrogen (secondary N) is 1. The van der Waals surface area contributed by atoms with Crippen molar-refractivity contribution in [2.45, 2.75) is 6.42 Å². The zero-order chi connectivity index (χ0) is 20.5. The number of thiocarbonyl (C=S) groups is 1. The Labute approximate surface area is 175 Å². The summed E-state index contributed by atoms with van der Waals surface area (Å²) < 4.78 is 11.1. The molecule has 146 valence electrons. The van der Waals surface area contributed by atoms with Gasteiger partial charge in [0.25, 0.3) is 5.17 Å². The molecule has 3 rings (SSSR count). The van der Waals surface area contributed by atoms with Gasteiger partial charge in [-0.1, -0.05) is 30.3 Å². The molecule has 0 bridgehead atoms. The largest absolute Gasteiger partial charge is 0.493 e. The van der Waals surface area contributed by atoms with Gasteiger partial charge < -0.3 is 14.8 Å². The number of ether oxygens (including phenoxy) is 2. The molecule has 0 saturated carbocycles. The van der Waals surface area contributed by atoms with Crippen LogP contribution in [0, 0.1) is 0 Å². The molecule has 0 heterocycles. The first-order valence-electron chi connectivity index (χ1n) is 9.01. The maximum atomic E-state index is 5.74. The van der Waals surface area contributed by atoms with E-state index in [0.717, 1.165) is 29.0 Å². The molecule has 0 amide bonds. The van der Waals surface area contributed by atoms with Crippen molar-refractivity contribution < 1.29 is 9.47 Å². The van der Waals surface area contributed by atoms with Crippen molar-refractivity contribution in [3.63, 3.8) is 0 Å². The predicted octanol–water partition coefficient (Wildman–Crippen LogP) is 6.61. The van der Waals surface area contributed by atoms with Gasteiger partial charge in [-0.3, -0.25) is 0 Å². The molecule has 3 aromatic rings. The van der Waals surface area contributed by atoms with Gasteiger partial charge in [0.2, 0.25) is 0 Å². The molecule has 0 saturated heterocycles. The van der Waals surface area contributed by atoms with Gasteiger partial charge in [0.1, 0.15) is 0 Å². The highest BCUT2D eigenvalue weighted by Gasteiger charge is 2.09. The van der Waals surface area contributed by atoms with E-state index in [9.17, 15) is 0 Å². The first kappa shape index (κ1) is 20.2. The van der Waals surface area contributed by atoms with Crippen molar-refractivity contribution in [2.24, 2.45) is 10.2 Å². The lowest BCUT2D eigenvalue weighted by Gasteiger charge is -2.13.